The number of hydrogen-bond donors (Lipinski definition) is 3. The highest BCUT2D eigenvalue weighted by Crippen LogP contribution is 2.29. The minimum Gasteiger partial charge on any atom is -0.394 e. The summed E-state index contributed by atoms with van der Waals surface area (Å²) in [6, 6.07) is 9.10. The Bertz CT molecular complexity index is 2370. The smallest absolute Gasteiger partial charge is 0.329 e. The van der Waals surface area contributed by atoms with Crippen molar-refractivity contribution in [2.75, 3.05) is 42.8 Å². The number of nitro groups is 1. The van der Waals surface area contributed by atoms with E-state index >= 15 is 0 Å². The summed E-state index contributed by atoms with van der Waals surface area (Å²) < 4.78 is 42.0. The van der Waals surface area contributed by atoms with Gasteiger partial charge in [-0.25, -0.2) is 28.7 Å². The third-order valence-electron chi connectivity index (χ3n) is 9.41. The number of ether oxygens (including phenoxy) is 2. The fourth-order valence-corrected chi connectivity index (χ4v) is 6.59. The Hall–Kier alpha value is -5.82. The van der Waals surface area contributed by atoms with Gasteiger partial charge in [-0.05, 0) is 73.2 Å². The number of anilines is 5. The molecule has 0 unspecified atom stereocenters. The van der Waals surface area contributed by atoms with Crippen LogP contribution < -0.4 is 16.4 Å². The first-order chi connectivity index (χ1) is 28.1. The number of nitrogens with one attached hydrogen (secondary N) is 2. The lowest BCUT2D eigenvalue weighted by Gasteiger charge is -2.22. The molecule has 0 bridgehead atoms. The Morgan fingerprint density at radius 3 is 1.69 bits per heavy atom. The van der Waals surface area contributed by atoms with E-state index in [1.807, 2.05) is 28.0 Å². The van der Waals surface area contributed by atoms with Crippen LogP contribution in [-0.4, -0.2) is 70.8 Å². The number of nitrogens with zero attached hydrogens (tertiary/aromatic N) is 9. The van der Waals surface area contributed by atoms with Crippen molar-refractivity contribution in [3.8, 4) is 0 Å². The Kier molecular flexibility index (Phi) is 13.0. The number of aromatic nitrogens is 8. The van der Waals surface area contributed by atoms with Gasteiger partial charge in [-0.1, -0.05) is 23.2 Å². The van der Waals surface area contributed by atoms with Crippen molar-refractivity contribution in [3.05, 3.63) is 128 Å². The van der Waals surface area contributed by atoms with Gasteiger partial charge in [0.05, 0.1) is 51.3 Å². The lowest BCUT2D eigenvalue weighted by molar-refractivity contribution is -0.384. The molecular weight excluding hydrogens is 797 g/mol. The molecule has 0 spiro atoms. The first-order valence-electron chi connectivity index (χ1n) is 18.4. The normalized spacial score (nSPS) is 14.8. The van der Waals surface area contributed by atoms with E-state index in [-0.39, 0.29) is 27.2 Å². The molecule has 20 heteroatoms. The summed E-state index contributed by atoms with van der Waals surface area (Å²) in [6.07, 6.45) is 14.8. The second kappa shape index (κ2) is 18.6. The third-order valence-corrected chi connectivity index (χ3v) is 10.0. The highest BCUT2D eigenvalue weighted by Gasteiger charge is 2.21. The van der Waals surface area contributed by atoms with Crippen molar-refractivity contribution in [3.63, 3.8) is 0 Å². The zero-order chi connectivity index (χ0) is 40.6. The van der Waals surface area contributed by atoms with E-state index in [0.29, 0.717) is 67.0 Å². The molecule has 0 aliphatic carbocycles. The van der Waals surface area contributed by atoms with Gasteiger partial charge in [0.15, 0.2) is 5.82 Å². The topological polar surface area (TPSA) is 199 Å². The Morgan fingerprint density at radius 1 is 0.741 bits per heavy atom. The van der Waals surface area contributed by atoms with Crippen LogP contribution in [0.5, 0.6) is 0 Å². The number of halogens is 4. The third kappa shape index (κ3) is 10.4. The molecule has 2 saturated heterocycles. The summed E-state index contributed by atoms with van der Waals surface area (Å²) in [5.41, 5.74) is 8.72. The Labute approximate surface area is 340 Å². The number of rotatable bonds is 11. The molecule has 0 saturated carbocycles. The summed E-state index contributed by atoms with van der Waals surface area (Å²) >= 11 is 11.4. The van der Waals surface area contributed by atoms with Crippen LogP contribution in [0, 0.1) is 21.7 Å². The quantitative estimate of drug-likeness (QED) is 0.0845. The standard InChI is InChI=1S/C19H18ClFN6O3.C19H20ClFN6O/c20-15-2-1-13(8-16(15)21)24-19-17(27(28)29)10-22-18(25-19)7-12-9-23-26(11-12)14-3-5-30-6-4-14;20-15-2-1-13(8-16(15)21)25-19-17(22)10-23-18(26-19)7-12-9-24-27(11-12)14-3-5-28-6-4-14/h1-2,8-11,14H,3-7H2,(H,22,24,25);1-2,8-11,14H,3-7,22H2,(H,23,25,26). The lowest BCUT2D eigenvalue weighted by atomic mass is 10.1. The summed E-state index contributed by atoms with van der Waals surface area (Å²) in [6.45, 7) is 2.96. The van der Waals surface area contributed by atoms with Crippen molar-refractivity contribution in [1.29, 1.82) is 0 Å². The minimum atomic E-state index is -0.640. The molecule has 6 heterocycles. The van der Waals surface area contributed by atoms with E-state index in [1.165, 1.54) is 24.3 Å². The maximum absolute atomic E-state index is 13.7. The first-order valence-corrected chi connectivity index (χ1v) is 19.1. The number of benzene rings is 2. The fourth-order valence-electron chi connectivity index (χ4n) is 6.36. The average molecular weight is 836 g/mol. The average Bonchev–Trinajstić information content (AvgIpc) is 3.90. The second-order valence-electron chi connectivity index (χ2n) is 13.6. The van der Waals surface area contributed by atoms with Crippen LogP contribution in [0.15, 0.2) is 73.6 Å². The highest BCUT2D eigenvalue weighted by atomic mass is 35.5. The van der Waals surface area contributed by atoms with E-state index in [0.717, 1.165) is 62.3 Å². The van der Waals surface area contributed by atoms with Gasteiger partial charge in [-0.3, -0.25) is 19.5 Å². The van der Waals surface area contributed by atoms with Gasteiger partial charge in [-0.2, -0.15) is 10.2 Å². The van der Waals surface area contributed by atoms with Crippen LogP contribution in [0.1, 0.15) is 60.5 Å². The van der Waals surface area contributed by atoms with Crippen molar-refractivity contribution in [1.82, 2.24) is 39.5 Å². The number of hydrogen-bond acceptors (Lipinski definition) is 13. The van der Waals surface area contributed by atoms with Crippen molar-refractivity contribution < 1.29 is 23.2 Å². The van der Waals surface area contributed by atoms with Gasteiger partial charge >= 0.3 is 5.69 Å². The van der Waals surface area contributed by atoms with Gasteiger partial charge in [0.2, 0.25) is 5.82 Å². The molecule has 0 amide bonds. The summed E-state index contributed by atoms with van der Waals surface area (Å²) in [7, 11) is 0. The molecular formula is C38H38Cl2F2N12O4. The molecule has 58 heavy (non-hydrogen) atoms. The predicted octanol–water partition coefficient (Wildman–Crippen LogP) is 7.79. The second-order valence-corrected chi connectivity index (χ2v) is 14.4. The molecule has 2 aromatic carbocycles. The summed E-state index contributed by atoms with van der Waals surface area (Å²) in [4.78, 5) is 27.9. The van der Waals surface area contributed by atoms with E-state index in [1.54, 1.807) is 18.5 Å². The zero-order valence-corrected chi connectivity index (χ0v) is 32.4. The van der Waals surface area contributed by atoms with E-state index in [9.17, 15) is 18.9 Å². The maximum atomic E-state index is 13.7. The van der Waals surface area contributed by atoms with Crippen molar-refractivity contribution in [2.24, 2.45) is 0 Å². The largest absolute Gasteiger partial charge is 0.394 e. The van der Waals surface area contributed by atoms with Gasteiger partial charge in [0.25, 0.3) is 0 Å². The van der Waals surface area contributed by atoms with Crippen LogP contribution in [0.3, 0.4) is 0 Å². The van der Waals surface area contributed by atoms with Crippen molar-refractivity contribution >= 4 is 57.6 Å². The molecule has 2 fully saturated rings. The number of nitrogen functional groups attached to an aromatic ring is 1. The molecule has 8 rings (SSSR count). The zero-order valence-electron chi connectivity index (χ0n) is 30.9. The molecule has 302 valence electrons. The molecule has 0 atom stereocenters. The predicted molar refractivity (Wildman–Crippen MR) is 213 cm³/mol. The van der Waals surface area contributed by atoms with Gasteiger partial charge in [-0.15, -0.1) is 0 Å². The summed E-state index contributed by atoms with van der Waals surface area (Å²) in [5.74, 6) is 0.216. The first kappa shape index (κ1) is 40.4. The van der Waals surface area contributed by atoms with Crippen LogP contribution >= 0.6 is 23.2 Å². The molecule has 0 radical (unpaired) electrons. The minimum absolute atomic E-state index is 0.0245. The maximum Gasteiger partial charge on any atom is 0.329 e. The lowest BCUT2D eigenvalue weighted by Crippen LogP contribution is -2.19. The van der Waals surface area contributed by atoms with Crippen LogP contribution in [0.4, 0.5) is 43.2 Å². The molecule has 2 aliphatic rings. The van der Waals surface area contributed by atoms with Crippen LogP contribution in [0.2, 0.25) is 10.0 Å². The molecule has 6 aromatic rings. The fraction of sp³-hybridized carbons (Fsp3) is 0.316. The molecule has 4 N–H and O–H groups in total. The van der Waals surface area contributed by atoms with E-state index in [2.05, 4.69) is 40.8 Å². The number of nitrogens with two attached hydrogens (primary N) is 1. The van der Waals surface area contributed by atoms with Crippen molar-refractivity contribution in [2.45, 2.75) is 50.6 Å². The van der Waals surface area contributed by atoms with Gasteiger partial charge in [0.1, 0.15) is 29.5 Å². The van der Waals surface area contributed by atoms with E-state index < -0.39 is 16.6 Å². The SMILES string of the molecule is Nc1cnc(Cc2cnn(C3CCOCC3)c2)nc1Nc1ccc(Cl)c(F)c1.O=[N+]([O-])c1cnc(Cc2cnn(C3CCOCC3)c2)nc1Nc1ccc(Cl)c(F)c1. The van der Waals surface area contributed by atoms with Crippen LogP contribution in [0.25, 0.3) is 0 Å². The Balaban J connectivity index is 0.000000177. The molecule has 2 aliphatic heterocycles. The Morgan fingerprint density at radius 2 is 1.21 bits per heavy atom. The molecule has 4 aromatic heterocycles. The highest BCUT2D eigenvalue weighted by molar-refractivity contribution is 6.31. The van der Waals surface area contributed by atoms with Gasteiger partial charge in [0, 0.05) is 63.0 Å². The monoisotopic (exact) mass is 834 g/mol. The van der Waals surface area contributed by atoms with Gasteiger partial charge < -0.3 is 25.8 Å². The summed E-state index contributed by atoms with van der Waals surface area (Å²) in [5, 5.41) is 26.0. The molecule has 16 nitrogen and oxygen atoms in total. The van der Waals surface area contributed by atoms with Crippen LogP contribution in [-0.2, 0) is 22.3 Å². The van der Waals surface area contributed by atoms with E-state index in [4.69, 9.17) is 38.4 Å².